The van der Waals surface area contributed by atoms with E-state index in [1.807, 2.05) is 0 Å². The minimum absolute atomic E-state index is 0.0419. The summed E-state index contributed by atoms with van der Waals surface area (Å²) in [6, 6.07) is -1.03. The molecule has 6 heteroatoms. The molecule has 11 heavy (non-hydrogen) atoms. The van der Waals surface area contributed by atoms with Crippen molar-refractivity contribution in [1.29, 1.82) is 0 Å². The van der Waals surface area contributed by atoms with Gasteiger partial charge in [0.25, 0.3) is 0 Å². The lowest BCUT2D eigenvalue weighted by Gasteiger charge is -2.06. The van der Waals surface area contributed by atoms with Gasteiger partial charge in [-0.25, -0.2) is 0 Å². The third-order valence-electron chi connectivity index (χ3n) is 0.958. The Labute approximate surface area is 72.1 Å². The smallest absolute Gasteiger partial charge is 0.322 e. The zero-order valence-electron chi connectivity index (χ0n) is 5.71. The van der Waals surface area contributed by atoms with Crippen LogP contribution in [0.3, 0.4) is 0 Å². The second-order valence-electron chi connectivity index (χ2n) is 1.88. The second-order valence-corrected chi connectivity index (χ2v) is 2.44. The Bertz CT molecular complexity index is 162. The summed E-state index contributed by atoms with van der Waals surface area (Å²) in [7, 11) is 0. The van der Waals surface area contributed by atoms with Gasteiger partial charge in [-0.3, -0.25) is 9.59 Å². The van der Waals surface area contributed by atoms with Gasteiger partial charge < -0.3 is 16.2 Å². The predicted molar refractivity (Wildman–Crippen MR) is 42.4 cm³/mol. The normalized spacial score (nSPS) is 12.2. The van der Waals surface area contributed by atoms with Crippen molar-refractivity contribution >= 4 is 27.8 Å². The summed E-state index contributed by atoms with van der Waals surface area (Å²) in [5.41, 5.74) is 5.09. The largest absolute Gasteiger partial charge is 0.480 e. The zero-order valence-corrected chi connectivity index (χ0v) is 7.30. The van der Waals surface area contributed by atoms with Crippen molar-refractivity contribution < 1.29 is 14.7 Å². The van der Waals surface area contributed by atoms with Gasteiger partial charge in [-0.15, -0.1) is 0 Å². The van der Waals surface area contributed by atoms with Gasteiger partial charge >= 0.3 is 5.97 Å². The number of nitrogens with one attached hydrogen (secondary N) is 1. The molecule has 0 aromatic rings. The number of alkyl halides is 1. The van der Waals surface area contributed by atoms with Crippen LogP contribution in [0.25, 0.3) is 0 Å². The summed E-state index contributed by atoms with van der Waals surface area (Å²) in [4.78, 5) is 20.6. The van der Waals surface area contributed by atoms with Crippen molar-refractivity contribution in [2.24, 2.45) is 5.73 Å². The van der Waals surface area contributed by atoms with Crippen LogP contribution >= 0.6 is 15.9 Å². The van der Waals surface area contributed by atoms with Crippen molar-refractivity contribution in [3.05, 3.63) is 0 Å². The maximum absolute atomic E-state index is 10.5. The molecule has 64 valence electrons. The van der Waals surface area contributed by atoms with Crippen LogP contribution in [-0.2, 0) is 9.59 Å². The van der Waals surface area contributed by atoms with Crippen molar-refractivity contribution in [2.45, 2.75) is 6.04 Å². The van der Waals surface area contributed by atoms with Crippen LogP contribution in [0.1, 0.15) is 0 Å². The fourth-order valence-corrected chi connectivity index (χ4v) is 0.557. The van der Waals surface area contributed by atoms with Gasteiger partial charge in [0, 0.05) is 6.54 Å². The van der Waals surface area contributed by atoms with Gasteiger partial charge in [0.05, 0.1) is 5.33 Å². The first-order chi connectivity index (χ1) is 5.07. The van der Waals surface area contributed by atoms with E-state index in [9.17, 15) is 9.59 Å². The van der Waals surface area contributed by atoms with Crippen LogP contribution in [-0.4, -0.2) is 34.9 Å². The van der Waals surface area contributed by atoms with Crippen LogP contribution in [0.2, 0.25) is 0 Å². The summed E-state index contributed by atoms with van der Waals surface area (Å²) >= 11 is 2.90. The molecule has 0 rings (SSSR count). The molecule has 0 aliphatic rings. The van der Waals surface area contributed by atoms with E-state index in [-0.39, 0.29) is 17.8 Å². The predicted octanol–water partition coefficient (Wildman–Crippen LogP) is -1.09. The molecule has 4 N–H and O–H groups in total. The number of carbonyl (C=O) groups excluding carboxylic acids is 1. The molecular formula is C5H9BrN2O3. The maximum Gasteiger partial charge on any atom is 0.322 e. The number of rotatable bonds is 4. The van der Waals surface area contributed by atoms with E-state index in [4.69, 9.17) is 10.8 Å². The first-order valence-electron chi connectivity index (χ1n) is 2.89. The molecule has 1 unspecified atom stereocenters. The molecule has 0 radical (unpaired) electrons. The standard InChI is InChI=1S/C5H9BrN2O3/c6-1-4(9)8-2-3(7)5(10)11/h3H,1-2,7H2,(H,8,9)(H,10,11). The first-order valence-corrected chi connectivity index (χ1v) is 4.01. The molecule has 0 bridgehead atoms. The molecule has 0 spiro atoms. The highest BCUT2D eigenvalue weighted by Crippen LogP contribution is 1.80. The van der Waals surface area contributed by atoms with Crippen LogP contribution in [0.15, 0.2) is 0 Å². The number of aliphatic carboxylic acids is 1. The molecule has 1 atom stereocenters. The molecule has 0 heterocycles. The van der Waals surface area contributed by atoms with Gasteiger partial charge in [0.1, 0.15) is 6.04 Å². The molecule has 0 fully saturated rings. The lowest BCUT2D eigenvalue weighted by atomic mass is 10.3. The van der Waals surface area contributed by atoms with Crippen LogP contribution in [0.5, 0.6) is 0 Å². The Balaban J connectivity index is 3.54. The van der Waals surface area contributed by atoms with Gasteiger partial charge in [-0.2, -0.15) is 0 Å². The minimum Gasteiger partial charge on any atom is -0.480 e. The number of nitrogens with two attached hydrogens (primary N) is 1. The maximum atomic E-state index is 10.5. The molecule has 5 nitrogen and oxygen atoms in total. The van der Waals surface area contributed by atoms with E-state index < -0.39 is 12.0 Å². The monoisotopic (exact) mass is 224 g/mol. The Hall–Kier alpha value is -0.620. The summed E-state index contributed by atoms with van der Waals surface area (Å²) in [6.07, 6.45) is 0. The fourth-order valence-electron chi connectivity index (χ4n) is 0.358. The lowest BCUT2D eigenvalue weighted by Crippen LogP contribution is -2.42. The number of carboxylic acid groups (broad SMARTS) is 1. The summed E-state index contributed by atoms with van der Waals surface area (Å²) < 4.78 is 0. The van der Waals surface area contributed by atoms with E-state index in [0.717, 1.165) is 0 Å². The highest BCUT2D eigenvalue weighted by atomic mass is 79.9. The van der Waals surface area contributed by atoms with E-state index >= 15 is 0 Å². The number of halogens is 1. The van der Waals surface area contributed by atoms with Crippen molar-refractivity contribution in [2.75, 3.05) is 11.9 Å². The fraction of sp³-hybridized carbons (Fsp3) is 0.600. The van der Waals surface area contributed by atoms with Gasteiger partial charge in [0.2, 0.25) is 5.91 Å². The van der Waals surface area contributed by atoms with E-state index in [1.54, 1.807) is 0 Å². The Morgan fingerprint density at radius 1 is 1.64 bits per heavy atom. The summed E-state index contributed by atoms with van der Waals surface area (Å²) in [6.45, 7) is -0.0419. The molecule has 0 saturated heterocycles. The topological polar surface area (TPSA) is 92.4 Å². The average molecular weight is 225 g/mol. The Morgan fingerprint density at radius 3 is 2.55 bits per heavy atom. The third kappa shape index (κ3) is 4.74. The quantitative estimate of drug-likeness (QED) is 0.530. The number of hydrogen-bond acceptors (Lipinski definition) is 3. The first kappa shape index (κ1) is 10.4. The minimum atomic E-state index is -1.13. The van der Waals surface area contributed by atoms with E-state index in [0.29, 0.717) is 0 Å². The van der Waals surface area contributed by atoms with E-state index in [2.05, 4.69) is 21.2 Å². The number of carbonyl (C=O) groups is 2. The number of amides is 1. The number of carboxylic acids is 1. The van der Waals surface area contributed by atoms with E-state index in [1.165, 1.54) is 0 Å². The Kier molecular flexibility index (Phi) is 4.80. The van der Waals surface area contributed by atoms with Crippen molar-refractivity contribution in [1.82, 2.24) is 5.32 Å². The third-order valence-corrected chi connectivity index (χ3v) is 1.47. The molecule has 0 aromatic carbocycles. The van der Waals surface area contributed by atoms with Crippen LogP contribution in [0.4, 0.5) is 0 Å². The molecular weight excluding hydrogens is 216 g/mol. The lowest BCUT2D eigenvalue weighted by molar-refractivity contribution is -0.138. The zero-order chi connectivity index (χ0) is 8.85. The van der Waals surface area contributed by atoms with Crippen molar-refractivity contribution in [3.8, 4) is 0 Å². The van der Waals surface area contributed by atoms with Gasteiger partial charge in [-0.05, 0) is 0 Å². The Morgan fingerprint density at radius 2 is 2.18 bits per heavy atom. The molecule has 0 aromatic heterocycles. The average Bonchev–Trinajstić information content (AvgIpc) is 1.99. The summed E-state index contributed by atoms with van der Waals surface area (Å²) in [5, 5.41) is 10.8. The van der Waals surface area contributed by atoms with Crippen LogP contribution in [0, 0.1) is 0 Å². The summed E-state index contributed by atoms with van der Waals surface area (Å²) in [5.74, 6) is -1.40. The molecule has 0 aliphatic heterocycles. The van der Waals surface area contributed by atoms with Crippen molar-refractivity contribution in [3.63, 3.8) is 0 Å². The molecule has 1 amide bonds. The SMILES string of the molecule is NC(CNC(=O)CBr)C(=O)O. The molecule has 0 saturated carbocycles. The van der Waals surface area contributed by atoms with Gasteiger partial charge in [0.15, 0.2) is 0 Å². The van der Waals surface area contributed by atoms with Gasteiger partial charge in [-0.1, -0.05) is 15.9 Å². The highest BCUT2D eigenvalue weighted by molar-refractivity contribution is 9.09. The van der Waals surface area contributed by atoms with Crippen LogP contribution < -0.4 is 11.1 Å². The highest BCUT2D eigenvalue weighted by Gasteiger charge is 2.11. The second kappa shape index (κ2) is 5.09. The number of hydrogen-bond donors (Lipinski definition) is 3. The molecule has 0 aliphatic carbocycles.